The van der Waals surface area contributed by atoms with E-state index in [0.29, 0.717) is 43.2 Å². The number of fused-ring (bicyclic) bond motifs is 1. The van der Waals surface area contributed by atoms with Gasteiger partial charge in [0.2, 0.25) is 11.8 Å². The van der Waals surface area contributed by atoms with E-state index in [-0.39, 0.29) is 24.1 Å². The summed E-state index contributed by atoms with van der Waals surface area (Å²) in [6, 6.07) is 14.4. The first-order valence-corrected chi connectivity index (χ1v) is 9.67. The number of nitrogens with one attached hydrogen (secondary N) is 1. The van der Waals surface area contributed by atoms with Gasteiger partial charge in [-0.15, -0.1) is 0 Å². The van der Waals surface area contributed by atoms with Gasteiger partial charge in [0.05, 0.1) is 13.0 Å². The van der Waals surface area contributed by atoms with Gasteiger partial charge in [0.15, 0.2) is 0 Å². The number of rotatable bonds is 3. The van der Waals surface area contributed by atoms with E-state index in [2.05, 4.69) is 5.32 Å². The minimum Gasteiger partial charge on any atom is -0.497 e. The molecule has 29 heavy (non-hydrogen) atoms. The predicted molar refractivity (Wildman–Crippen MR) is 108 cm³/mol. The molecule has 0 radical (unpaired) electrons. The molecule has 7 heteroatoms. The standard InChI is InChI=1S/C22H23N3O4/c1-29-16-8-6-15(7-9-16)21(27)24-10-12-25(13-11-24)22(28)18-14-20(26)23-19-5-3-2-4-17(18)19/h2-9,18H,10-14H2,1H3,(H,23,26)/t18-/m0/s1. The third kappa shape index (κ3) is 3.81. The lowest BCUT2D eigenvalue weighted by Gasteiger charge is -2.37. The van der Waals surface area contributed by atoms with E-state index in [1.165, 1.54) is 0 Å². The number of benzene rings is 2. The summed E-state index contributed by atoms with van der Waals surface area (Å²) in [5, 5.41) is 2.82. The van der Waals surface area contributed by atoms with Crippen LogP contribution < -0.4 is 10.1 Å². The molecule has 0 bridgehead atoms. The number of methoxy groups -OCH3 is 1. The molecule has 2 aliphatic heterocycles. The Hall–Kier alpha value is -3.35. The molecule has 0 unspecified atom stereocenters. The smallest absolute Gasteiger partial charge is 0.253 e. The van der Waals surface area contributed by atoms with Crippen LogP contribution in [0, 0.1) is 0 Å². The monoisotopic (exact) mass is 393 g/mol. The molecule has 2 heterocycles. The molecular weight excluding hydrogens is 370 g/mol. The summed E-state index contributed by atoms with van der Waals surface area (Å²) in [5.74, 6) is -0.0149. The number of amides is 3. The SMILES string of the molecule is COc1ccc(C(=O)N2CCN(C(=O)[C@H]3CC(=O)Nc4ccccc43)CC2)cc1. The Bertz CT molecular complexity index is 933. The molecule has 1 fully saturated rings. The van der Waals surface area contributed by atoms with Gasteiger partial charge in [-0.1, -0.05) is 18.2 Å². The summed E-state index contributed by atoms with van der Waals surface area (Å²) in [7, 11) is 1.58. The minimum atomic E-state index is -0.469. The Kier molecular flexibility index (Phi) is 5.20. The van der Waals surface area contributed by atoms with Crippen molar-refractivity contribution in [2.24, 2.45) is 0 Å². The number of carbonyl (C=O) groups excluding carboxylic acids is 3. The fraction of sp³-hybridized carbons (Fsp3) is 0.318. The molecule has 0 aliphatic carbocycles. The second kappa shape index (κ2) is 7.95. The summed E-state index contributed by atoms with van der Waals surface area (Å²) in [6.45, 7) is 1.86. The quantitative estimate of drug-likeness (QED) is 0.866. The van der Waals surface area contributed by atoms with Crippen molar-refractivity contribution in [3.05, 3.63) is 59.7 Å². The summed E-state index contributed by atoms with van der Waals surface area (Å²) in [6.07, 6.45) is 0.154. The highest BCUT2D eigenvalue weighted by Gasteiger charge is 2.35. The molecule has 2 aromatic rings. The van der Waals surface area contributed by atoms with Gasteiger partial charge in [0.25, 0.3) is 5.91 Å². The minimum absolute atomic E-state index is 0.0520. The highest BCUT2D eigenvalue weighted by atomic mass is 16.5. The Morgan fingerprint density at radius 3 is 2.31 bits per heavy atom. The fourth-order valence-corrected chi connectivity index (χ4v) is 3.90. The Morgan fingerprint density at radius 2 is 1.62 bits per heavy atom. The number of anilines is 1. The second-order valence-electron chi connectivity index (χ2n) is 7.24. The molecule has 2 aromatic carbocycles. The van der Waals surface area contributed by atoms with Crippen LogP contribution in [-0.2, 0) is 9.59 Å². The molecule has 1 saturated heterocycles. The number of para-hydroxylation sites is 1. The number of carbonyl (C=O) groups is 3. The summed E-state index contributed by atoms with van der Waals surface area (Å²) in [5.41, 5.74) is 2.16. The molecule has 2 aliphatic rings. The lowest BCUT2D eigenvalue weighted by molar-refractivity contribution is -0.136. The topological polar surface area (TPSA) is 79.0 Å². The maximum atomic E-state index is 13.1. The van der Waals surface area contributed by atoms with E-state index in [4.69, 9.17) is 4.74 Å². The van der Waals surface area contributed by atoms with Gasteiger partial charge >= 0.3 is 0 Å². The van der Waals surface area contributed by atoms with Crippen LogP contribution in [0.1, 0.15) is 28.3 Å². The number of piperazine rings is 1. The number of hydrogen-bond acceptors (Lipinski definition) is 4. The van der Waals surface area contributed by atoms with Gasteiger partial charge in [0.1, 0.15) is 5.75 Å². The van der Waals surface area contributed by atoms with Crippen LogP contribution in [0.3, 0.4) is 0 Å². The van der Waals surface area contributed by atoms with Crippen molar-refractivity contribution in [3.63, 3.8) is 0 Å². The third-order valence-electron chi connectivity index (χ3n) is 5.51. The van der Waals surface area contributed by atoms with Crippen LogP contribution >= 0.6 is 0 Å². The first-order valence-electron chi connectivity index (χ1n) is 9.67. The first kappa shape index (κ1) is 19.0. The van der Waals surface area contributed by atoms with Gasteiger partial charge in [-0.3, -0.25) is 14.4 Å². The van der Waals surface area contributed by atoms with Crippen LogP contribution in [-0.4, -0.2) is 60.8 Å². The zero-order valence-electron chi connectivity index (χ0n) is 16.3. The molecule has 150 valence electrons. The Morgan fingerprint density at radius 1 is 0.966 bits per heavy atom. The van der Waals surface area contributed by atoms with Crippen molar-refractivity contribution < 1.29 is 19.1 Å². The highest BCUT2D eigenvalue weighted by Crippen LogP contribution is 2.33. The van der Waals surface area contributed by atoms with E-state index in [1.807, 2.05) is 24.3 Å². The van der Waals surface area contributed by atoms with Crippen LogP contribution in [0.5, 0.6) is 5.75 Å². The van der Waals surface area contributed by atoms with E-state index in [9.17, 15) is 14.4 Å². The van der Waals surface area contributed by atoms with E-state index in [1.54, 1.807) is 41.2 Å². The predicted octanol–water partition coefficient (Wildman–Crippen LogP) is 2.11. The maximum absolute atomic E-state index is 13.1. The fourth-order valence-electron chi connectivity index (χ4n) is 3.90. The summed E-state index contributed by atoms with van der Waals surface area (Å²) >= 11 is 0. The van der Waals surface area contributed by atoms with Crippen LogP contribution in [0.25, 0.3) is 0 Å². The molecule has 1 N–H and O–H groups in total. The van der Waals surface area contributed by atoms with Crippen molar-refractivity contribution in [2.45, 2.75) is 12.3 Å². The highest BCUT2D eigenvalue weighted by molar-refractivity contribution is 6.01. The molecule has 4 rings (SSSR count). The van der Waals surface area contributed by atoms with Crippen LogP contribution in [0.2, 0.25) is 0 Å². The van der Waals surface area contributed by atoms with Gasteiger partial charge in [0, 0.05) is 43.9 Å². The Balaban J connectivity index is 1.41. The number of ether oxygens (including phenoxy) is 1. The van der Waals surface area contributed by atoms with Crippen molar-refractivity contribution in [1.29, 1.82) is 0 Å². The van der Waals surface area contributed by atoms with Crippen LogP contribution in [0.15, 0.2) is 48.5 Å². The Labute approximate surface area is 169 Å². The molecule has 7 nitrogen and oxygen atoms in total. The summed E-state index contributed by atoms with van der Waals surface area (Å²) < 4.78 is 5.13. The normalized spacial score (nSPS) is 18.7. The second-order valence-corrected chi connectivity index (χ2v) is 7.24. The van der Waals surface area contributed by atoms with Crippen molar-refractivity contribution >= 4 is 23.4 Å². The third-order valence-corrected chi connectivity index (χ3v) is 5.51. The molecule has 0 saturated carbocycles. The largest absolute Gasteiger partial charge is 0.497 e. The van der Waals surface area contributed by atoms with Gasteiger partial charge < -0.3 is 19.9 Å². The molecule has 0 aromatic heterocycles. The van der Waals surface area contributed by atoms with Gasteiger partial charge in [-0.25, -0.2) is 0 Å². The number of hydrogen-bond donors (Lipinski definition) is 1. The van der Waals surface area contributed by atoms with Crippen LogP contribution in [0.4, 0.5) is 5.69 Å². The van der Waals surface area contributed by atoms with Crippen molar-refractivity contribution in [1.82, 2.24) is 9.80 Å². The van der Waals surface area contributed by atoms with Gasteiger partial charge in [-0.2, -0.15) is 0 Å². The first-order chi connectivity index (χ1) is 14.1. The molecule has 1 atom stereocenters. The molecule has 3 amide bonds. The van der Waals surface area contributed by atoms with E-state index >= 15 is 0 Å². The average molecular weight is 393 g/mol. The zero-order chi connectivity index (χ0) is 20.4. The lowest BCUT2D eigenvalue weighted by Crippen LogP contribution is -2.52. The van der Waals surface area contributed by atoms with Crippen molar-refractivity contribution in [3.8, 4) is 5.75 Å². The maximum Gasteiger partial charge on any atom is 0.253 e. The average Bonchev–Trinajstić information content (AvgIpc) is 2.77. The van der Waals surface area contributed by atoms with Gasteiger partial charge in [-0.05, 0) is 35.9 Å². The lowest BCUT2D eigenvalue weighted by atomic mass is 9.89. The summed E-state index contributed by atoms with van der Waals surface area (Å²) in [4.78, 5) is 41.4. The molecule has 0 spiro atoms. The van der Waals surface area contributed by atoms with E-state index < -0.39 is 5.92 Å². The molecular formula is C22H23N3O4. The van der Waals surface area contributed by atoms with Crippen molar-refractivity contribution in [2.75, 3.05) is 38.6 Å². The van der Waals surface area contributed by atoms with E-state index in [0.717, 1.165) is 5.56 Å². The number of nitrogens with zero attached hydrogens (tertiary/aromatic N) is 2. The zero-order valence-corrected chi connectivity index (χ0v) is 16.3.